The summed E-state index contributed by atoms with van der Waals surface area (Å²) in [7, 11) is 0. The summed E-state index contributed by atoms with van der Waals surface area (Å²) in [6, 6.07) is 4.33. The van der Waals surface area contributed by atoms with E-state index in [1.807, 2.05) is 36.6 Å². The predicted molar refractivity (Wildman–Crippen MR) is 141 cm³/mol. The minimum absolute atomic E-state index is 0.107. The number of hydrogen-bond acceptors (Lipinski definition) is 8. The number of carbonyl (C=O) groups is 5. The summed E-state index contributed by atoms with van der Waals surface area (Å²) in [5.74, 6) is -3.92. The molecule has 4 unspecified atom stereocenters. The third-order valence-electron chi connectivity index (χ3n) is 5.51. The maximum atomic E-state index is 13.1. The molecule has 0 aliphatic heterocycles. The van der Waals surface area contributed by atoms with E-state index in [9.17, 15) is 29.1 Å². The van der Waals surface area contributed by atoms with Gasteiger partial charge in [-0.15, -0.1) is 0 Å². The van der Waals surface area contributed by atoms with Crippen molar-refractivity contribution in [2.75, 3.05) is 12.0 Å². The van der Waals surface area contributed by atoms with Gasteiger partial charge in [0.2, 0.25) is 23.6 Å². The summed E-state index contributed by atoms with van der Waals surface area (Å²) in [6.07, 6.45) is 4.39. The molecule has 1 aromatic carbocycles. The molecule has 4 amide bonds. The van der Waals surface area contributed by atoms with Crippen molar-refractivity contribution in [3.63, 3.8) is 0 Å². The van der Waals surface area contributed by atoms with Crippen molar-refractivity contribution in [1.82, 2.24) is 25.9 Å². The van der Waals surface area contributed by atoms with Crippen molar-refractivity contribution in [2.24, 2.45) is 11.5 Å². The number of nitrogens with zero attached hydrogens (tertiary/aromatic N) is 1. The summed E-state index contributed by atoms with van der Waals surface area (Å²) in [4.78, 5) is 68.6. The molecule has 14 heteroatoms. The van der Waals surface area contributed by atoms with E-state index in [2.05, 4.69) is 25.9 Å². The lowest BCUT2D eigenvalue weighted by atomic mass is 10.0. The molecule has 0 fully saturated rings. The van der Waals surface area contributed by atoms with Gasteiger partial charge < -0.3 is 37.5 Å². The molecule has 13 nitrogen and oxygen atoms in total. The van der Waals surface area contributed by atoms with Crippen LogP contribution in [0.2, 0.25) is 0 Å². The van der Waals surface area contributed by atoms with Gasteiger partial charge in [-0.2, -0.15) is 11.8 Å². The van der Waals surface area contributed by atoms with Crippen LogP contribution in [0.1, 0.15) is 24.1 Å². The number of aromatic nitrogens is 2. The van der Waals surface area contributed by atoms with Gasteiger partial charge in [0, 0.05) is 18.3 Å². The van der Waals surface area contributed by atoms with Crippen molar-refractivity contribution < 1.29 is 29.1 Å². The lowest BCUT2D eigenvalue weighted by Gasteiger charge is -2.24. The maximum Gasteiger partial charge on any atom is 0.326 e. The number of aromatic amines is 1. The molecule has 0 spiro atoms. The monoisotopic (exact) mass is 547 g/mol. The minimum atomic E-state index is -1.46. The zero-order valence-corrected chi connectivity index (χ0v) is 21.7. The molecular formula is C24H33N7O6S. The van der Waals surface area contributed by atoms with Crippen LogP contribution in [0.4, 0.5) is 0 Å². The van der Waals surface area contributed by atoms with Gasteiger partial charge in [-0.25, -0.2) is 9.78 Å². The average Bonchev–Trinajstić information content (AvgIpc) is 3.38. The molecular weight excluding hydrogens is 514 g/mol. The van der Waals surface area contributed by atoms with Crippen LogP contribution in [-0.4, -0.2) is 80.8 Å². The molecule has 9 N–H and O–H groups in total. The molecule has 0 aliphatic rings. The van der Waals surface area contributed by atoms with E-state index in [1.54, 1.807) is 0 Å². The highest BCUT2D eigenvalue weighted by atomic mass is 32.2. The first kappa shape index (κ1) is 30.3. The zero-order chi connectivity index (χ0) is 28.1. The standard InChI is InChI=1S/C24H33N7O6S/c1-38-8-7-17(29-21(33)16(25)9-14-5-3-2-4-6-14)22(34)30-18(11-20(26)32)23(35)31-19(24(36)37)10-15-12-27-13-28-15/h2-6,12-13,16-19H,7-11,25H2,1H3,(H2,26,32)(H,27,28)(H,29,33)(H,30,34)(H,31,35)(H,36,37). The number of nitrogens with one attached hydrogen (secondary N) is 4. The van der Waals surface area contributed by atoms with Crippen molar-refractivity contribution in [3.05, 3.63) is 54.1 Å². The minimum Gasteiger partial charge on any atom is -0.480 e. The summed E-state index contributed by atoms with van der Waals surface area (Å²) in [6.45, 7) is 0. The molecule has 38 heavy (non-hydrogen) atoms. The highest BCUT2D eigenvalue weighted by Gasteiger charge is 2.31. The molecule has 2 aromatic rings. The first-order valence-corrected chi connectivity index (χ1v) is 13.2. The molecule has 4 atom stereocenters. The van der Waals surface area contributed by atoms with E-state index in [4.69, 9.17) is 11.5 Å². The Morgan fingerprint density at radius 1 is 0.974 bits per heavy atom. The quantitative estimate of drug-likeness (QED) is 0.132. The number of benzene rings is 1. The van der Waals surface area contributed by atoms with Gasteiger partial charge in [-0.1, -0.05) is 30.3 Å². The molecule has 2 rings (SSSR count). The Morgan fingerprint density at radius 3 is 2.18 bits per heavy atom. The van der Waals surface area contributed by atoms with E-state index in [0.29, 0.717) is 11.4 Å². The Labute approximate surface area is 223 Å². The number of carboxylic acid groups (broad SMARTS) is 1. The van der Waals surface area contributed by atoms with Crippen molar-refractivity contribution >= 4 is 41.4 Å². The number of rotatable bonds is 16. The Hall–Kier alpha value is -3.91. The molecule has 206 valence electrons. The van der Waals surface area contributed by atoms with E-state index in [1.165, 1.54) is 24.3 Å². The largest absolute Gasteiger partial charge is 0.480 e. The second-order valence-corrected chi connectivity index (χ2v) is 9.54. The second-order valence-electron chi connectivity index (χ2n) is 8.55. The van der Waals surface area contributed by atoms with Gasteiger partial charge in [0.05, 0.1) is 18.8 Å². The molecule has 0 radical (unpaired) electrons. The molecule has 0 saturated carbocycles. The van der Waals surface area contributed by atoms with Crippen LogP contribution in [0, 0.1) is 0 Å². The Kier molecular flexibility index (Phi) is 12.3. The fourth-order valence-corrected chi connectivity index (χ4v) is 3.99. The van der Waals surface area contributed by atoms with Crippen molar-refractivity contribution in [1.29, 1.82) is 0 Å². The maximum absolute atomic E-state index is 13.1. The van der Waals surface area contributed by atoms with E-state index in [-0.39, 0.29) is 19.3 Å². The third-order valence-corrected chi connectivity index (χ3v) is 6.15. The first-order valence-electron chi connectivity index (χ1n) is 11.8. The fourth-order valence-electron chi connectivity index (χ4n) is 3.52. The third kappa shape index (κ3) is 10.2. The highest BCUT2D eigenvalue weighted by Crippen LogP contribution is 2.07. The summed E-state index contributed by atoms with van der Waals surface area (Å²) in [5.41, 5.74) is 12.6. The number of carbonyl (C=O) groups excluding carboxylic acids is 4. The fraction of sp³-hybridized carbons (Fsp3) is 0.417. The normalized spacial score (nSPS) is 13.9. The number of nitrogens with two attached hydrogens (primary N) is 2. The Balaban J connectivity index is 2.10. The SMILES string of the molecule is CSCCC(NC(=O)C(N)Cc1ccccc1)C(=O)NC(CC(N)=O)C(=O)NC(Cc1cnc[nH]1)C(=O)O. The summed E-state index contributed by atoms with van der Waals surface area (Å²) in [5, 5.41) is 16.9. The van der Waals surface area contributed by atoms with Crippen LogP contribution in [0.15, 0.2) is 42.9 Å². The molecule has 0 bridgehead atoms. The molecule has 0 aliphatic carbocycles. The van der Waals surface area contributed by atoms with Gasteiger partial charge in [0.1, 0.15) is 18.1 Å². The Bertz CT molecular complexity index is 1080. The van der Waals surface area contributed by atoms with Gasteiger partial charge in [0.25, 0.3) is 0 Å². The number of imidazole rings is 1. The van der Waals surface area contributed by atoms with Crippen LogP contribution in [-0.2, 0) is 36.8 Å². The number of aliphatic carboxylic acids is 1. The van der Waals surface area contributed by atoms with Crippen LogP contribution in [0.25, 0.3) is 0 Å². The van der Waals surface area contributed by atoms with E-state index < -0.39 is 60.2 Å². The lowest BCUT2D eigenvalue weighted by Crippen LogP contribution is -2.58. The highest BCUT2D eigenvalue weighted by molar-refractivity contribution is 7.98. The molecule has 1 heterocycles. The van der Waals surface area contributed by atoms with Crippen LogP contribution >= 0.6 is 11.8 Å². The summed E-state index contributed by atoms with van der Waals surface area (Å²) >= 11 is 1.45. The van der Waals surface area contributed by atoms with Gasteiger partial charge in [-0.05, 0) is 30.4 Å². The van der Waals surface area contributed by atoms with Crippen molar-refractivity contribution in [3.8, 4) is 0 Å². The van der Waals surface area contributed by atoms with E-state index in [0.717, 1.165) is 5.56 Å². The molecule has 0 saturated heterocycles. The number of H-pyrrole nitrogens is 1. The number of thioether (sulfide) groups is 1. The number of primary amides is 1. The average molecular weight is 548 g/mol. The van der Waals surface area contributed by atoms with Gasteiger partial charge in [-0.3, -0.25) is 19.2 Å². The smallest absolute Gasteiger partial charge is 0.326 e. The number of hydrogen-bond donors (Lipinski definition) is 7. The number of amides is 4. The number of carboxylic acids is 1. The lowest BCUT2D eigenvalue weighted by molar-refractivity contribution is -0.142. The zero-order valence-electron chi connectivity index (χ0n) is 20.9. The van der Waals surface area contributed by atoms with Crippen LogP contribution in [0.3, 0.4) is 0 Å². The van der Waals surface area contributed by atoms with Crippen LogP contribution < -0.4 is 27.4 Å². The topological polar surface area (TPSA) is 222 Å². The Morgan fingerprint density at radius 2 is 1.61 bits per heavy atom. The first-order chi connectivity index (χ1) is 18.1. The van der Waals surface area contributed by atoms with Crippen LogP contribution in [0.5, 0.6) is 0 Å². The predicted octanol–water partition coefficient (Wildman–Crippen LogP) is -1.31. The van der Waals surface area contributed by atoms with E-state index >= 15 is 0 Å². The van der Waals surface area contributed by atoms with Gasteiger partial charge in [0.15, 0.2) is 0 Å². The summed E-state index contributed by atoms with van der Waals surface area (Å²) < 4.78 is 0. The second kappa shape index (κ2) is 15.4. The molecule has 1 aromatic heterocycles. The van der Waals surface area contributed by atoms with Crippen molar-refractivity contribution in [2.45, 2.75) is 49.9 Å². The van der Waals surface area contributed by atoms with Gasteiger partial charge >= 0.3 is 5.97 Å².